The van der Waals surface area contributed by atoms with Gasteiger partial charge in [-0.15, -0.1) is 0 Å². The summed E-state index contributed by atoms with van der Waals surface area (Å²) in [5.41, 5.74) is 0.354. The molecule has 1 atom stereocenters. The maximum Gasteiger partial charge on any atom is 0.257 e. The summed E-state index contributed by atoms with van der Waals surface area (Å²) >= 11 is 0. The number of nitrogens with one attached hydrogen (secondary N) is 1. The van der Waals surface area contributed by atoms with E-state index >= 15 is 0 Å². The molecule has 1 fully saturated rings. The standard InChI is InChI=1S/C15H22N6O3/c1-10(22)21-6-5-20(9-12(21)13(23)16-2)14(24)11-7-17-15(18-8-11)19(3)4/h7-8,12H,5-6,9H2,1-4H3,(H,16,23). The number of amides is 3. The van der Waals surface area contributed by atoms with Gasteiger partial charge in [0, 0.05) is 53.5 Å². The molecular weight excluding hydrogens is 312 g/mol. The van der Waals surface area contributed by atoms with Gasteiger partial charge >= 0.3 is 0 Å². The lowest BCUT2D eigenvalue weighted by Crippen LogP contribution is -2.60. The first-order valence-electron chi connectivity index (χ1n) is 7.62. The second kappa shape index (κ2) is 7.24. The van der Waals surface area contributed by atoms with E-state index in [-0.39, 0.29) is 24.3 Å². The molecule has 0 aromatic carbocycles. The molecule has 1 aliphatic rings. The SMILES string of the molecule is CNC(=O)C1CN(C(=O)c2cnc(N(C)C)nc2)CCN1C(C)=O. The number of piperazine rings is 1. The number of hydrogen-bond acceptors (Lipinski definition) is 6. The third-order valence-corrected chi connectivity index (χ3v) is 3.91. The smallest absolute Gasteiger partial charge is 0.257 e. The highest BCUT2D eigenvalue weighted by atomic mass is 16.2. The van der Waals surface area contributed by atoms with Gasteiger partial charge in [-0.1, -0.05) is 0 Å². The molecule has 3 amide bonds. The number of anilines is 1. The van der Waals surface area contributed by atoms with Gasteiger partial charge in [0.1, 0.15) is 6.04 Å². The largest absolute Gasteiger partial charge is 0.357 e. The summed E-state index contributed by atoms with van der Waals surface area (Å²) in [5, 5.41) is 2.54. The molecule has 24 heavy (non-hydrogen) atoms. The van der Waals surface area contributed by atoms with E-state index in [0.717, 1.165) is 0 Å². The van der Waals surface area contributed by atoms with Gasteiger partial charge in [0.15, 0.2) is 0 Å². The predicted molar refractivity (Wildman–Crippen MR) is 87.5 cm³/mol. The van der Waals surface area contributed by atoms with Gasteiger partial charge < -0.3 is 20.0 Å². The Labute approximate surface area is 140 Å². The lowest BCUT2D eigenvalue weighted by molar-refractivity contribution is -0.141. The van der Waals surface area contributed by atoms with Crippen LogP contribution in [0.5, 0.6) is 0 Å². The maximum absolute atomic E-state index is 12.6. The molecule has 2 heterocycles. The van der Waals surface area contributed by atoms with Crippen molar-refractivity contribution < 1.29 is 14.4 Å². The van der Waals surface area contributed by atoms with E-state index in [4.69, 9.17) is 0 Å². The van der Waals surface area contributed by atoms with Crippen LogP contribution in [0.2, 0.25) is 0 Å². The topological polar surface area (TPSA) is 98.7 Å². The molecular formula is C15H22N6O3. The Kier molecular flexibility index (Phi) is 5.32. The van der Waals surface area contributed by atoms with Crippen molar-refractivity contribution >= 4 is 23.7 Å². The third-order valence-electron chi connectivity index (χ3n) is 3.91. The van der Waals surface area contributed by atoms with Crippen LogP contribution in [-0.2, 0) is 9.59 Å². The molecule has 1 aliphatic heterocycles. The monoisotopic (exact) mass is 334 g/mol. The summed E-state index contributed by atoms with van der Waals surface area (Å²) < 4.78 is 0. The van der Waals surface area contributed by atoms with Crippen LogP contribution in [0.25, 0.3) is 0 Å². The molecule has 1 unspecified atom stereocenters. The minimum atomic E-state index is -0.688. The van der Waals surface area contributed by atoms with Gasteiger partial charge in [-0.3, -0.25) is 14.4 Å². The Morgan fingerprint density at radius 3 is 2.33 bits per heavy atom. The van der Waals surface area contributed by atoms with Crippen molar-refractivity contribution in [3.63, 3.8) is 0 Å². The summed E-state index contributed by atoms with van der Waals surface area (Å²) in [5.74, 6) is -0.218. The first kappa shape index (κ1) is 17.6. The number of hydrogen-bond donors (Lipinski definition) is 1. The van der Waals surface area contributed by atoms with E-state index in [0.29, 0.717) is 24.6 Å². The lowest BCUT2D eigenvalue weighted by Gasteiger charge is -2.39. The normalized spacial score (nSPS) is 17.4. The number of aromatic nitrogens is 2. The van der Waals surface area contributed by atoms with Gasteiger partial charge in [-0.05, 0) is 0 Å². The number of rotatable bonds is 3. The Hall–Kier alpha value is -2.71. The summed E-state index contributed by atoms with van der Waals surface area (Å²) in [6.07, 6.45) is 2.94. The molecule has 0 spiro atoms. The highest BCUT2D eigenvalue weighted by Gasteiger charge is 2.35. The van der Waals surface area contributed by atoms with Crippen LogP contribution in [0.1, 0.15) is 17.3 Å². The predicted octanol–water partition coefficient (Wildman–Crippen LogP) is -1.04. The van der Waals surface area contributed by atoms with Crippen molar-refractivity contribution in [1.82, 2.24) is 25.1 Å². The van der Waals surface area contributed by atoms with E-state index in [2.05, 4.69) is 15.3 Å². The fourth-order valence-electron chi connectivity index (χ4n) is 2.58. The molecule has 2 rings (SSSR count). The second-order valence-corrected chi connectivity index (χ2v) is 5.76. The van der Waals surface area contributed by atoms with Gasteiger partial charge in [-0.25, -0.2) is 9.97 Å². The fraction of sp³-hybridized carbons (Fsp3) is 0.533. The molecule has 1 N–H and O–H groups in total. The summed E-state index contributed by atoms with van der Waals surface area (Å²) in [6, 6.07) is -0.688. The Bertz CT molecular complexity index is 631. The quantitative estimate of drug-likeness (QED) is 0.758. The lowest BCUT2D eigenvalue weighted by atomic mass is 10.1. The zero-order chi connectivity index (χ0) is 17.9. The van der Waals surface area contributed by atoms with Gasteiger partial charge in [0.05, 0.1) is 12.1 Å². The van der Waals surface area contributed by atoms with Crippen molar-refractivity contribution in [2.24, 2.45) is 0 Å². The van der Waals surface area contributed by atoms with Crippen molar-refractivity contribution in [3.05, 3.63) is 18.0 Å². The van der Waals surface area contributed by atoms with Gasteiger partial charge in [-0.2, -0.15) is 0 Å². The second-order valence-electron chi connectivity index (χ2n) is 5.76. The molecule has 0 saturated carbocycles. The molecule has 0 aliphatic carbocycles. The Balaban J connectivity index is 2.15. The van der Waals surface area contributed by atoms with E-state index < -0.39 is 6.04 Å². The van der Waals surface area contributed by atoms with Gasteiger partial charge in [0.25, 0.3) is 5.91 Å². The van der Waals surface area contributed by atoms with Crippen LogP contribution >= 0.6 is 0 Å². The molecule has 9 heteroatoms. The van der Waals surface area contributed by atoms with Crippen LogP contribution in [0.3, 0.4) is 0 Å². The highest BCUT2D eigenvalue weighted by molar-refractivity contribution is 5.95. The van der Waals surface area contributed by atoms with E-state index in [1.165, 1.54) is 31.3 Å². The van der Waals surface area contributed by atoms with Crippen molar-refractivity contribution in [2.75, 3.05) is 45.7 Å². The average Bonchev–Trinajstić information content (AvgIpc) is 2.59. The molecule has 130 valence electrons. The van der Waals surface area contributed by atoms with Crippen LogP contribution < -0.4 is 10.2 Å². The average molecular weight is 334 g/mol. The third kappa shape index (κ3) is 3.61. The number of nitrogens with zero attached hydrogens (tertiary/aromatic N) is 5. The number of carbonyl (C=O) groups excluding carboxylic acids is 3. The number of carbonyl (C=O) groups is 3. The molecule has 1 aromatic rings. The summed E-state index contributed by atoms with van der Waals surface area (Å²) in [4.78, 5) is 49.4. The summed E-state index contributed by atoms with van der Waals surface area (Å²) in [7, 11) is 5.13. The Morgan fingerprint density at radius 1 is 1.21 bits per heavy atom. The molecule has 0 radical (unpaired) electrons. The highest BCUT2D eigenvalue weighted by Crippen LogP contribution is 2.14. The zero-order valence-corrected chi connectivity index (χ0v) is 14.3. The van der Waals surface area contributed by atoms with E-state index in [9.17, 15) is 14.4 Å². The molecule has 1 aromatic heterocycles. The minimum Gasteiger partial charge on any atom is -0.357 e. The van der Waals surface area contributed by atoms with Crippen LogP contribution in [0.4, 0.5) is 5.95 Å². The van der Waals surface area contributed by atoms with Gasteiger partial charge in [0.2, 0.25) is 17.8 Å². The molecule has 1 saturated heterocycles. The first-order valence-corrected chi connectivity index (χ1v) is 7.62. The molecule has 9 nitrogen and oxygen atoms in total. The molecule has 0 bridgehead atoms. The van der Waals surface area contributed by atoms with Crippen LogP contribution in [0, 0.1) is 0 Å². The minimum absolute atomic E-state index is 0.146. The Morgan fingerprint density at radius 2 is 1.83 bits per heavy atom. The first-order chi connectivity index (χ1) is 11.3. The van der Waals surface area contributed by atoms with Crippen molar-refractivity contribution in [1.29, 1.82) is 0 Å². The maximum atomic E-state index is 12.6. The number of likely N-dealkylation sites (N-methyl/N-ethyl adjacent to an activating group) is 1. The van der Waals surface area contributed by atoms with Crippen molar-refractivity contribution in [2.45, 2.75) is 13.0 Å². The van der Waals surface area contributed by atoms with E-state index in [1.54, 1.807) is 9.80 Å². The van der Waals surface area contributed by atoms with E-state index in [1.807, 2.05) is 14.1 Å². The van der Waals surface area contributed by atoms with Crippen molar-refractivity contribution in [3.8, 4) is 0 Å². The summed E-state index contributed by atoms with van der Waals surface area (Å²) in [6.45, 7) is 2.24. The fourth-order valence-corrected chi connectivity index (χ4v) is 2.58. The van der Waals surface area contributed by atoms with Crippen LogP contribution in [0.15, 0.2) is 12.4 Å². The zero-order valence-electron chi connectivity index (χ0n) is 14.3. The van der Waals surface area contributed by atoms with Crippen LogP contribution in [-0.4, -0.2) is 84.3 Å².